The average molecular weight is 464 g/mol. The fraction of sp³-hybridized carbons (Fsp3) is 0.240. The summed E-state index contributed by atoms with van der Waals surface area (Å²) in [7, 11) is 1.51. The number of rotatable bonds is 8. The number of benzene rings is 2. The van der Waals surface area contributed by atoms with Gasteiger partial charge in [0.05, 0.1) is 24.1 Å². The van der Waals surface area contributed by atoms with Crippen molar-refractivity contribution < 1.29 is 23.2 Å². The number of methoxy groups -OCH3 is 1. The third-order valence-corrected chi connectivity index (χ3v) is 5.53. The second kappa shape index (κ2) is 9.78. The lowest BCUT2D eigenvalue weighted by molar-refractivity contribution is 0.0950. The van der Waals surface area contributed by atoms with Crippen molar-refractivity contribution in [3.63, 3.8) is 0 Å². The molecule has 4 rings (SSSR count). The third kappa shape index (κ3) is 4.78. The summed E-state index contributed by atoms with van der Waals surface area (Å²) >= 11 is 0. The lowest BCUT2D eigenvalue weighted by Gasteiger charge is -2.13. The van der Waals surface area contributed by atoms with Crippen molar-refractivity contribution in [1.29, 1.82) is 0 Å². The molecule has 34 heavy (non-hydrogen) atoms. The molecule has 0 bridgehead atoms. The van der Waals surface area contributed by atoms with Crippen LogP contribution < -0.4 is 14.8 Å². The lowest BCUT2D eigenvalue weighted by Crippen LogP contribution is -2.23. The molecule has 0 saturated heterocycles. The quantitative estimate of drug-likeness (QED) is 0.415. The molecule has 4 aromatic rings. The van der Waals surface area contributed by atoms with Gasteiger partial charge in [-0.15, -0.1) is 0 Å². The van der Waals surface area contributed by atoms with Gasteiger partial charge in [-0.05, 0) is 56.7 Å². The van der Waals surface area contributed by atoms with E-state index in [0.717, 1.165) is 11.3 Å². The number of aromatic nitrogens is 3. The molecular formula is C25H25FN4O4. The van der Waals surface area contributed by atoms with E-state index in [4.69, 9.17) is 14.0 Å². The van der Waals surface area contributed by atoms with Crippen molar-refractivity contribution >= 4 is 5.91 Å². The number of aryl methyl sites for hydroxylation is 3. The van der Waals surface area contributed by atoms with Crippen LogP contribution in [0.5, 0.6) is 11.5 Å². The van der Waals surface area contributed by atoms with Crippen LogP contribution in [0.3, 0.4) is 0 Å². The number of carbonyl (C=O) groups excluding carboxylic acids is 1. The minimum Gasteiger partial charge on any atom is -0.493 e. The Labute approximate surface area is 196 Å². The first-order valence-corrected chi connectivity index (χ1v) is 10.7. The number of amides is 1. The number of ether oxygens (including phenoxy) is 2. The van der Waals surface area contributed by atoms with Gasteiger partial charge in [0.25, 0.3) is 5.91 Å². The zero-order valence-electron chi connectivity index (χ0n) is 19.4. The van der Waals surface area contributed by atoms with Crippen LogP contribution in [0.2, 0.25) is 0 Å². The van der Waals surface area contributed by atoms with Crippen LogP contribution in [0, 0.1) is 26.6 Å². The van der Waals surface area contributed by atoms with Crippen molar-refractivity contribution in [2.24, 2.45) is 0 Å². The first kappa shape index (κ1) is 23.0. The molecule has 2 heterocycles. The fourth-order valence-electron chi connectivity index (χ4n) is 3.56. The molecule has 0 aliphatic heterocycles. The van der Waals surface area contributed by atoms with E-state index < -0.39 is 5.82 Å². The first-order chi connectivity index (χ1) is 16.4. The van der Waals surface area contributed by atoms with Gasteiger partial charge in [-0.25, -0.2) is 9.37 Å². The van der Waals surface area contributed by atoms with Gasteiger partial charge >= 0.3 is 0 Å². The van der Waals surface area contributed by atoms with Crippen LogP contribution in [0.4, 0.5) is 4.39 Å². The maximum absolute atomic E-state index is 14.6. The molecule has 0 saturated carbocycles. The van der Waals surface area contributed by atoms with Gasteiger partial charge in [0.15, 0.2) is 11.5 Å². The predicted molar refractivity (Wildman–Crippen MR) is 123 cm³/mol. The molecule has 0 atom stereocenters. The monoisotopic (exact) mass is 464 g/mol. The van der Waals surface area contributed by atoms with Gasteiger partial charge in [-0.1, -0.05) is 11.2 Å². The van der Waals surface area contributed by atoms with Crippen LogP contribution in [-0.4, -0.2) is 27.7 Å². The predicted octanol–water partition coefficient (Wildman–Crippen LogP) is 4.44. The van der Waals surface area contributed by atoms with Gasteiger partial charge in [0, 0.05) is 24.5 Å². The lowest BCUT2D eigenvalue weighted by atomic mass is 10.1. The molecule has 8 nitrogen and oxygen atoms in total. The molecule has 0 fully saturated rings. The molecule has 1 amide bonds. The van der Waals surface area contributed by atoms with Crippen molar-refractivity contribution in [2.75, 3.05) is 7.11 Å². The Morgan fingerprint density at radius 3 is 2.62 bits per heavy atom. The van der Waals surface area contributed by atoms with E-state index in [-0.39, 0.29) is 19.1 Å². The summed E-state index contributed by atoms with van der Waals surface area (Å²) in [6.07, 6.45) is 3.31. The number of carbonyl (C=O) groups is 1. The highest BCUT2D eigenvalue weighted by Gasteiger charge is 2.15. The summed E-state index contributed by atoms with van der Waals surface area (Å²) in [6, 6.07) is 9.76. The average Bonchev–Trinajstić information content (AvgIpc) is 3.40. The number of hydrogen-bond acceptors (Lipinski definition) is 6. The topological polar surface area (TPSA) is 91.4 Å². The minimum absolute atomic E-state index is 0.172. The van der Waals surface area contributed by atoms with Gasteiger partial charge in [0.1, 0.15) is 24.0 Å². The zero-order chi connectivity index (χ0) is 24.2. The Kier molecular flexibility index (Phi) is 6.62. The molecule has 0 spiro atoms. The molecule has 9 heteroatoms. The second-order valence-corrected chi connectivity index (χ2v) is 7.77. The number of imidazole rings is 1. The van der Waals surface area contributed by atoms with E-state index in [0.29, 0.717) is 39.9 Å². The Hall–Kier alpha value is -4.14. The molecule has 2 aromatic heterocycles. The zero-order valence-corrected chi connectivity index (χ0v) is 19.4. The summed E-state index contributed by atoms with van der Waals surface area (Å²) in [5, 5.41) is 6.72. The fourth-order valence-corrected chi connectivity index (χ4v) is 3.56. The molecule has 1 N–H and O–H groups in total. The van der Waals surface area contributed by atoms with E-state index in [1.54, 1.807) is 54.2 Å². The van der Waals surface area contributed by atoms with Crippen molar-refractivity contribution in [2.45, 2.75) is 33.9 Å². The minimum atomic E-state index is -0.394. The highest BCUT2D eigenvalue weighted by Crippen LogP contribution is 2.29. The summed E-state index contributed by atoms with van der Waals surface area (Å²) in [5.74, 6) is 1.59. The van der Waals surface area contributed by atoms with E-state index in [1.165, 1.54) is 13.2 Å². The Bertz CT molecular complexity index is 1310. The van der Waals surface area contributed by atoms with Crippen LogP contribution >= 0.6 is 0 Å². The number of nitrogens with one attached hydrogen (secondary N) is 1. The maximum Gasteiger partial charge on any atom is 0.251 e. The van der Waals surface area contributed by atoms with Gasteiger partial charge in [0.2, 0.25) is 0 Å². The summed E-state index contributed by atoms with van der Waals surface area (Å²) in [6.45, 7) is 5.91. The van der Waals surface area contributed by atoms with Gasteiger partial charge in [-0.3, -0.25) is 4.79 Å². The maximum atomic E-state index is 14.6. The molecular weight excluding hydrogens is 439 g/mol. The smallest absolute Gasteiger partial charge is 0.251 e. The normalized spacial score (nSPS) is 10.9. The Morgan fingerprint density at radius 1 is 1.15 bits per heavy atom. The molecule has 0 radical (unpaired) electrons. The Balaban J connectivity index is 1.41. The van der Waals surface area contributed by atoms with Crippen LogP contribution in [0.1, 0.15) is 38.8 Å². The summed E-state index contributed by atoms with van der Waals surface area (Å²) in [4.78, 5) is 16.8. The van der Waals surface area contributed by atoms with Crippen LogP contribution in [0.25, 0.3) is 5.69 Å². The largest absolute Gasteiger partial charge is 0.493 e. The highest BCUT2D eigenvalue weighted by molar-refractivity contribution is 5.94. The molecule has 0 aliphatic rings. The SMILES string of the molecule is COc1cc(C(=O)NCc2ccc(-n3ccnc3C)c(F)c2)ccc1OCc1c(C)noc1C. The molecule has 2 aromatic carbocycles. The van der Waals surface area contributed by atoms with E-state index in [1.807, 2.05) is 13.8 Å². The Morgan fingerprint density at radius 2 is 1.97 bits per heavy atom. The van der Waals surface area contributed by atoms with Crippen molar-refractivity contribution in [3.05, 3.63) is 88.6 Å². The summed E-state index contributed by atoms with van der Waals surface area (Å²) in [5.41, 5.74) is 3.07. The van der Waals surface area contributed by atoms with Crippen LogP contribution in [-0.2, 0) is 13.2 Å². The highest BCUT2D eigenvalue weighted by atomic mass is 19.1. The molecule has 176 valence electrons. The summed E-state index contributed by atoms with van der Waals surface area (Å²) < 4.78 is 32.7. The molecule has 0 aliphatic carbocycles. The van der Waals surface area contributed by atoms with Crippen LogP contribution in [0.15, 0.2) is 53.3 Å². The second-order valence-electron chi connectivity index (χ2n) is 7.77. The van der Waals surface area contributed by atoms with E-state index in [9.17, 15) is 9.18 Å². The van der Waals surface area contributed by atoms with Crippen molar-refractivity contribution in [3.8, 4) is 17.2 Å². The van der Waals surface area contributed by atoms with Gasteiger partial charge in [-0.2, -0.15) is 0 Å². The van der Waals surface area contributed by atoms with E-state index >= 15 is 0 Å². The third-order valence-electron chi connectivity index (χ3n) is 5.53. The number of halogens is 1. The molecule has 0 unspecified atom stereocenters. The van der Waals surface area contributed by atoms with E-state index in [2.05, 4.69) is 15.5 Å². The van der Waals surface area contributed by atoms with Crippen molar-refractivity contribution in [1.82, 2.24) is 20.0 Å². The number of nitrogens with zero attached hydrogens (tertiary/aromatic N) is 3. The first-order valence-electron chi connectivity index (χ1n) is 10.7. The number of hydrogen-bond donors (Lipinski definition) is 1. The standard InChI is InChI=1S/C25H25FN4O4/c1-15-20(16(2)34-29-15)14-33-23-8-6-19(12-24(23)32-4)25(31)28-13-18-5-7-22(21(26)11-18)30-10-9-27-17(30)3/h5-12H,13-14H2,1-4H3,(H,28,31). The van der Waals surface area contributed by atoms with Gasteiger partial charge < -0.3 is 23.9 Å².